The fourth-order valence-electron chi connectivity index (χ4n) is 3.32. The molecule has 1 nitrogen and oxygen atoms in total. The van der Waals surface area contributed by atoms with Gasteiger partial charge in [0.1, 0.15) is 0 Å². The molecule has 11 heavy (non-hydrogen) atoms. The molecule has 1 N–H and O–H groups in total. The molecule has 0 aromatic heterocycles. The van der Waals surface area contributed by atoms with Crippen LogP contribution < -0.4 is 5.32 Å². The number of rotatable bonds is 0. The number of hydrogen-bond donors (Lipinski definition) is 1. The smallest absolute Gasteiger partial charge is 0.0161 e. The van der Waals surface area contributed by atoms with Crippen LogP contribution in [0.1, 0.15) is 46.5 Å². The molecule has 0 amide bonds. The van der Waals surface area contributed by atoms with E-state index >= 15 is 0 Å². The zero-order valence-corrected chi connectivity index (χ0v) is 7.91. The zero-order chi connectivity index (χ0) is 8.11. The predicted octanol–water partition coefficient (Wildman–Crippen LogP) is 2.32. The first kappa shape index (κ1) is 7.60. The molecule has 0 aliphatic carbocycles. The first-order valence-electron chi connectivity index (χ1n) is 4.81. The third-order valence-corrected chi connectivity index (χ3v) is 3.43. The molecule has 0 spiro atoms. The van der Waals surface area contributed by atoms with Gasteiger partial charge in [0.25, 0.3) is 0 Å². The lowest BCUT2D eigenvalue weighted by Crippen LogP contribution is -2.53. The van der Waals surface area contributed by atoms with E-state index in [2.05, 4.69) is 26.1 Å². The molecule has 0 radical (unpaired) electrons. The second kappa shape index (κ2) is 2.01. The van der Waals surface area contributed by atoms with Crippen LogP contribution in [0.5, 0.6) is 0 Å². The van der Waals surface area contributed by atoms with E-state index in [1.165, 1.54) is 25.7 Å². The topological polar surface area (TPSA) is 12.0 Å². The summed E-state index contributed by atoms with van der Waals surface area (Å²) < 4.78 is 0. The summed E-state index contributed by atoms with van der Waals surface area (Å²) in [6, 6.07) is 0. The second-order valence-corrected chi connectivity index (χ2v) is 5.26. The van der Waals surface area contributed by atoms with Crippen LogP contribution in [-0.4, -0.2) is 11.1 Å². The van der Waals surface area contributed by atoms with Gasteiger partial charge in [-0.15, -0.1) is 0 Å². The maximum atomic E-state index is 3.77. The fraction of sp³-hybridized carbons (Fsp3) is 1.00. The van der Waals surface area contributed by atoms with Gasteiger partial charge in [-0.05, 0) is 45.4 Å². The highest BCUT2D eigenvalue weighted by molar-refractivity contribution is 5.07. The Labute approximate surface area is 69.6 Å². The number of hydrogen-bond acceptors (Lipinski definition) is 1. The molecule has 3 atom stereocenters. The van der Waals surface area contributed by atoms with Gasteiger partial charge < -0.3 is 5.32 Å². The molecule has 64 valence electrons. The Hall–Kier alpha value is -0.0400. The van der Waals surface area contributed by atoms with Gasteiger partial charge in [0.15, 0.2) is 0 Å². The molecule has 2 aliphatic rings. The Balaban J connectivity index is 2.21. The van der Waals surface area contributed by atoms with Crippen molar-refractivity contribution >= 4 is 0 Å². The first-order valence-corrected chi connectivity index (χ1v) is 4.81. The molecule has 0 unspecified atom stereocenters. The van der Waals surface area contributed by atoms with Crippen molar-refractivity contribution in [1.29, 1.82) is 0 Å². The molecule has 1 heteroatoms. The van der Waals surface area contributed by atoms with Crippen molar-refractivity contribution in [2.75, 3.05) is 0 Å². The summed E-state index contributed by atoms with van der Waals surface area (Å²) in [7, 11) is 0. The summed E-state index contributed by atoms with van der Waals surface area (Å²) in [6.07, 6.45) is 5.52. The minimum atomic E-state index is 0.479. The van der Waals surface area contributed by atoms with Crippen molar-refractivity contribution in [3.8, 4) is 0 Å². The van der Waals surface area contributed by atoms with E-state index in [0.29, 0.717) is 11.1 Å². The normalized spacial score (nSPS) is 56.5. The molecule has 2 bridgehead atoms. The third kappa shape index (κ3) is 1.20. The van der Waals surface area contributed by atoms with Crippen LogP contribution in [0.15, 0.2) is 0 Å². The first-order chi connectivity index (χ1) is 5.02. The predicted molar refractivity (Wildman–Crippen MR) is 47.6 cm³/mol. The van der Waals surface area contributed by atoms with Crippen molar-refractivity contribution in [2.24, 2.45) is 5.92 Å². The van der Waals surface area contributed by atoms with Crippen molar-refractivity contribution in [1.82, 2.24) is 5.32 Å². The zero-order valence-electron chi connectivity index (χ0n) is 7.91. The minimum Gasteiger partial charge on any atom is -0.306 e. The molecular formula is C10H19N. The highest BCUT2D eigenvalue weighted by Gasteiger charge is 2.46. The van der Waals surface area contributed by atoms with Crippen LogP contribution in [-0.2, 0) is 0 Å². The van der Waals surface area contributed by atoms with Gasteiger partial charge in [-0.1, -0.05) is 6.92 Å². The summed E-state index contributed by atoms with van der Waals surface area (Å²) in [5.41, 5.74) is 0.957. The van der Waals surface area contributed by atoms with Crippen molar-refractivity contribution in [2.45, 2.75) is 57.5 Å². The SMILES string of the molecule is C[C@@H]1C[C@]2(C)CC[C@](C)(C1)N2. The van der Waals surface area contributed by atoms with Gasteiger partial charge >= 0.3 is 0 Å². The van der Waals surface area contributed by atoms with Crippen LogP contribution in [0.3, 0.4) is 0 Å². The van der Waals surface area contributed by atoms with Gasteiger partial charge in [0.05, 0.1) is 0 Å². The minimum absolute atomic E-state index is 0.479. The molecule has 0 aromatic carbocycles. The van der Waals surface area contributed by atoms with Crippen LogP contribution in [0.4, 0.5) is 0 Å². The van der Waals surface area contributed by atoms with Gasteiger partial charge in [-0.3, -0.25) is 0 Å². The third-order valence-electron chi connectivity index (χ3n) is 3.43. The highest BCUT2D eigenvalue weighted by atomic mass is 15.1. The molecular weight excluding hydrogens is 134 g/mol. The summed E-state index contributed by atoms with van der Waals surface area (Å²) in [5.74, 6) is 0.925. The second-order valence-electron chi connectivity index (χ2n) is 5.26. The van der Waals surface area contributed by atoms with Crippen LogP contribution in [0.25, 0.3) is 0 Å². The van der Waals surface area contributed by atoms with Crippen LogP contribution in [0.2, 0.25) is 0 Å². The molecule has 2 saturated heterocycles. The molecule has 2 heterocycles. The monoisotopic (exact) mass is 153 g/mol. The molecule has 2 rings (SSSR count). The lowest BCUT2D eigenvalue weighted by molar-refractivity contribution is 0.182. The van der Waals surface area contributed by atoms with Crippen LogP contribution in [0, 0.1) is 5.92 Å². The summed E-state index contributed by atoms with van der Waals surface area (Å²) in [6.45, 7) is 7.16. The van der Waals surface area contributed by atoms with Crippen LogP contribution >= 0.6 is 0 Å². The molecule has 2 fully saturated rings. The highest BCUT2D eigenvalue weighted by Crippen LogP contribution is 2.44. The van der Waals surface area contributed by atoms with Gasteiger partial charge in [0.2, 0.25) is 0 Å². The Kier molecular flexibility index (Phi) is 1.39. The standard InChI is InChI=1S/C10H19N/c1-8-6-9(2)4-5-10(3,7-8)11-9/h8,11H,4-7H2,1-3H3/t8-,9+,10-. The lowest BCUT2D eigenvalue weighted by atomic mass is 9.82. The van der Waals surface area contributed by atoms with E-state index in [4.69, 9.17) is 0 Å². The van der Waals surface area contributed by atoms with Gasteiger partial charge in [-0.25, -0.2) is 0 Å². The summed E-state index contributed by atoms with van der Waals surface area (Å²) >= 11 is 0. The average Bonchev–Trinajstić information content (AvgIpc) is 2.01. The Morgan fingerprint density at radius 2 is 1.55 bits per heavy atom. The van der Waals surface area contributed by atoms with E-state index < -0.39 is 0 Å². The Morgan fingerprint density at radius 3 is 2.00 bits per heavy atom. The van der Waals surface area contributed by atoms with E-state index in [-0.39, 0.29) is 0 Å². The number of nitrogens with one attached hydrogen (secondary N) is 1. The Bertz CT molecular complexity index is 160. The largest absolute Gasteiger partial charge is 0.306 e. The van der Waals surface area contributed by atoms with E-state index in [1.807, 2.05) is 0 Å². The van der Waals surface area contributed by atoms with Crippen molar-refractivity contribution in [3.63, 3.8) is 0 Å². The Morgan fingerprint density at radius 1 is 1.09 bits per heavy atom. The number of fused-ring (bicyclic) bond motifs is 2. The van der Waals surface area contributed by atoms with Gasteiger partial charge in [-0.2, -0.15) is 0 Å². The fourth-order valence-corrected chi connectivity index (χ4v) is 3.32. The lowest BCUT2D eigenvalue weighted by Gasteiger charge is -2.40. The maximum absolute atomic E-state index is 3.77. The number of piperidine rings is 1. The summed E-state index contributed by atoms with van der Waals surface area (Å²) in [4.78, 5) is 0. The molecule has 2 aliphatic heterocycles. The van der Waals surface area contributed by atoms with Crippen molar-refractivity contribution < 1.29 is 0 Å². The molecule has 0 aromatic rings. The summed E-state index contributed by atoms with van der Waals surface area (Å²) in [5, 5.41) is 3.77. The quantitative estimate of drug-likeness (QED) is 0.563. The maximum Gasteiger partial charge on any atom is 0.0161 e. The average molecular weight is 153 g/mol. The van der Waals surface area contributed by atoms with E-state index in [1.54, 1.807) is 0 Å². The van der Waals surface area contributed by atoms with Crippen molar-refractivity contribution in [3.05, 3.63) is 0 Å². The van der Waals surface area contributed by atoms with E-state index in [9.17, 15) is 0 Å². The van der Waals surface area contributed by atoms with E-state index in [0.717, 1.165) is 5.92 Å². The van der Waals surface area contributed by atoms with Gasteiger partial charge in [0, 0.05) is 11.1 Å². The molecule has 0 saturated carbocycles.